The van der Waals surface area contributed by atoms with E-state index in [1.165, 1.54) is 21.6 Å². The summed E-state index contributed by atoms with van der Waals surface area (Å²) < 4.78 is 0. The van der Waals surface area contributed by atoms with Crippen molar-refractivity contribution in [3.63, 3.8) is 0 Å². The van der Waals surface area contributed by atoms with Gasteiger partial charge in [0.05, 0.1) is 6.04 Å². The van der Waals surface area contributed by atoms with E-state index >= 15 is 0 Å². The third-order valence-corrected chi connectivity index (χ3v) is 4.00. The van der Waals surface area contributed by atoms with Crippen LogP contribution in [0.4, 0.5) is 0 Å². The normalized spacial score (nSPS) is 12.7. The zero-order chi connectivity index (χ0) is 11.5. The molecule has 0 spiro atoms. The average molecular weight is 231 g/mol. The summed E-state index contributed by atoms with van der Waals surface area (Å²) in [6, 6.07) is 10.7. The van der Waals surface area contributed by atoms with Gasteiger partial charge in [-0.15, -0.1) is 11.3 Å². The Hall–Kier alpha value is -1.12. The van der Waals surface area contributed by atoms with Gasteiger partial charge in [0.1, 0.15) is 0 Å². The molecule has 0 amide bonds. The lowest BCUT2D eigenvalue weighted by Crippen LogP contribution is -2.11. The Balaban J connectivity index is 2.33. The van der Waals surface area contributed by atoms with Crippen molar-refractivity contribution in [2.24, 2.45) is 5.73 Å². The molecule has 0 bridgehead atoms. The zero-order valence-corrected chi connectivity index (χ0v) is 10.6. The van der Waals surface area contributed by atoms with Crippen molar-refractivity contribution in [3.05, 3.63) is 57.3 Å². The van der Waals surface area contributed by atoms with E-state index in [1.54, 1.807) is 11.3 Å². The maximum atomic E-state index is 6.30. The number of thiophene rings is 1. The molecule has 1 aromatic heterocycles. The molecule has 2 N–H and O–H groups in total. The number of rotatable bonds is 3. The highest BCUT2D eigenvalue weighted by atomic mass is 32.1. The average Bonchev–Trinajstić information content (AvgIpc) is 2.74. The van der Waals surface area contributed by atoms with Crippen LogP contribution < -0.4 is 5.73 Å². The van der Waals surface area contributed by atoms with Gasteiger partial charge in [-0.25, -0.2) is 0 Å². The molecule has 0 aliphatic rings. The lowest BCUT2D eigenvalue weighted by molar-refractivity contribution is 0.880. The molecule has 2 rings (SSSR count). The SMILES string of the molecule is CCc1cccc(C(N)c2sccc2C)c1. The molecule has 0 aliphatic carbocycles. The molecule has 0 radical (unpaired) electrons. The highest BCUT2D eigenvalue weighted by Gasteiger charge is 2.12. The molecule has 0 fully saturated rings. The predicted molar refractivity (Wildman–Crippen MR) is 70.9 cm³/mol. The van der Waals surface area contributed by atoms with Gasteiger partial charge < -0.3 is 5.73 Å². The third kappa shape index (κ3) is 2.18. The molecular formula is C14H17NS. The Kier molecular flexibility index (Phi) is 3.42. The molecule has 0 aliphatic heterocycles. The number of hydrogen-bond acceptors (Lipinski definition) is 2. The van der Waals surface area contributed by atoms with Gasteiger partial charge in [-0.3, -0.25) is 0 Å². The van der Waals surface area contributed by atoms with Gasteiger partial charge in [0, 0.05) is 4.88 Å². The van der Waals surface area contributed by atoms with Crippen LogP contribution in [0.3, 0.4) is 0 Å². The summed E-state index contributed by atoms with van der Waals surface area (Å²) in [5.41, 5.74) is 10.1. The van der Waals surface area contributed by atoms with Crippen molar-refractivity contribution in [1.29, 1.82) is 0 Å². The highest BCUT2D eigenvalue weighted by molar-refractivity contribution is 7.10. The largest absolute Gasteiger partial charge is 0.320 e. The first kappa shape index (κ1) is 11.4. The molecule has 0 saturated heterocycles. The fourth-order valence-corrected chi connectivity index (χ4v) is 2.82. The van der Waals surface area contributed by atoms with Crippen molar-refractivity contribution < 1.29 is 0 Å². The lowest BCUT2D eigenvalue weighted by Gasteiger charge is -2.12. The number of benzene rings is 1. The van der Waals surface area contributed by atoms with E-state index in [4.69, 9.17) is 5.73 Å². The van der Waals surface area contributed by atoms with Gasteiger partial charge >= 0.3 is 0 Å². The zero-order valence-electron chi connectivity index (χ0n) is 9.73. The summed E-state index contributed by atoms with van der Waals surface area (Å²) in [5, 5.41) is 2.11. The van der Waals surface area contributed by atoms with Crippen LogP contribution in [0.5, 0.6) is 0 Å². The first-order valence-corrected chi connectivity index (χ1v) is 6.48. The van der Waals surface area contributed by atoms with Gasteiger partial charge in [-0.2, -0.15) is 0 Å². The second-order valence-electron chi connectivity index (χ2n) is 4.04. The van der Waals surface area contributed by atoms with Crippen molar-refractivity contribution in [3.8, 4) is 0 Å². The van der Waals surface area contributed by atoms with Crippen LogP contribution in [0.15, 0.2) is 35.7 Å². The molecule has 2 heteroatoms. The van der Waals surface area contributed by atoms with Crippen LogP contribution >= 0.6 is 11.3 Å². The van der Waals surface area contributed by atoms with E-state index in [0.29, 0.717) is 0 Å². The van der Waals surface area contributed by atoms with Crippen LogP contribution in [0.25, 0.3) is 0 Å². The predicted octanol–water partition coefficient (Wildman–Crippen LogP) is 3.67. The van der Waals surface area contributed by atoms with Gasteiger partial charge in [-0.05, 0) is 41.5 Å². The molecule has 1 heterocycles. The topological polar surface area (TPSA) is 26.0 Å². The fourth-order valence-electron chi connectivity index (χ4n) is 1.86. The Labute approximate surface area is 101 Å². The monoisotopic (exact) mass is 231 g/mol. The second-order valence-corrected chi connectivity index (χ2v) is 4.99. The Bertz CT molecular complexity index is 473. The molecular weight excluding hydrogens is 214 g/mol. The lowest BCUT2D eigenvalue weighted by atomic mass is 10.0. The van der Waals surface area contributed by atoms with E-state index in [9.17, 15) is 0 Å². The van der Waals surface area contributed by atoms with Gasteiger partial charge in [0.15, 0.2) is 0 Å². The quantitative estimate of drug-likeness (QED) is 0.857. The summed E-state index contributed by atoms with van der Waals surface area (Å²) in [4.78, 5) is 1.27. The third-order valence-electron chi connectivity index (χ3n) is 2.90. The van der Waals surface area contributed by atoms with Crippen molar-refractivity contribution in [1.82, 2.24) is 0 Å². The van der Waals surface area contributed by atoms with Crippen LogP contribution in [0, 0.1) is 6.92 Å². The number of hydrogen-bond donors (Lipinski definition) is 1. The summed E-state index contributed by atoms with van der Waals surface area (Å²) in [6.07, 6.45) is 1.06. The molecule has 1 aromatic carbocycles. The van der Waals surface area contributed by atoms with Crippen LogP contribution in [0.2, 0.25) is 0 Å². The summed E-state index contributed by atoms with van der Waals surface area (Å²) in [7, 11) is 0. The van der Waals surface area contributed by atoms with Crippen LogP contribution in [-0.4, -0.2) is 0 Å². The standard InChI is InChI=1S/C14H17NS/c1-3-11-5-4-6-12(9-11)13(15)14-10(2)7-8-16-14/h4-9,13H,3,15H2,1-2H3. The second kappa shape index (κ2) is 4.81. The first-order chi connectivity index (χ1) is 7.72. The van der Waals surface area contributed by atoms with Gasteiger partial charge in [0.25, 0.3) is 0 Å². The minimum Gasteiger partial charge on any atom is -0.320 e. The number of aryl methyl sites for hydroxylation is 2. The summed E-state index contributed by atoms with van der Waals surface area (Å²) in [5.74, 6) is 0. The Morgan fingerprint density at radius 3 is 2.75 bits per heavy atom. The maximum Gasteiger partial charge on any atom is 0.0648 e. The Morgan fingerprint density at radius 1 is 1.31 bits per heavy atom. The number of nitrogens with two attached hydrogens (primary N) is 1. The summed E-state index contributed by atoms with van der Waals surface area (Å²) >= 11 is 1.74. The maximum absolute atomic E-state index is 6.30. The van der Waals surface area contributed by atoms with Crippen molar-refractivity contribution >= 4 is 11.3 Å². The van der Waals surface area contributed by atoms with Crippen molar-refractivity contribution in [2.45, 2.75) is 26.3 Å². The molecule has 2 aromatic rings. The van der Waals surface area contributed by atoms with Crippen molar-refractivity contribution in [2.75, 3.05) is 0 Å². The molecule has 84 valence electrons. The molecule has 1 atom stereocenters. The van der Waals surface area contributed by atoms with E-state index in [0.717, 1.165) is 6.42 Å². The van der Waals surface area contributed by atoms with E-state index in [2.05, 4.69) is 49.6 Å². The highest BCUT2D eigenvalue weighted by Crippen LogP contribution is 2.27. The minimum atomic E-state index is 0.0199. The fraction of sp³-hybridized carbons (Fsp3) is 0.286. The van der Waals surface area contributed by atoms with E-state index < -0.39 is 0 Å². The van der Waals surface area contributed by atoms with Crippen LogP contribution in [0.1, 0.15) is 34.5 Å². The van der Waals surface area contributed by atoms with Crippen LogP contribution in [-0.2, 0) is 6.42 Å². The molecule has 16 heavy (non-hydrogen) atoms. The molecule has 0 saturated carbocycles. The van der Waals surface area contributed by atoms with E-state index in [1.807, 2.05) is 0 Å². The molecule has 1 nitrogen and oxygen atoms in total. The minimum absolute atomic E-state index is 0.0199. The Morgan fingerprint density at radius 2 is 2.12 bits per heavy atom. The first-order valence-electron chi connectivity index (χ1n) is 5.60. The van der Waals surface area contributed by atoms with E-state index in [-0.39, 0.29) is 6.04 Å². The summed E-state index contributed by atoms with van der Waals surface area (Å²) in [6.45, 7) is 4.29. The smallest absolute Gasteiger partial charge is 0.0648 e. The molecule has 1 unspecified atom stereocenters. The van der Waals surface area contributed by atoms with Gasteiger partial charge in [0.2, 0.25) is 0 Å². The van der Waals surface area contributed by atoms with Gasteiger partial charge in [-0.1, -0.05) is 31.2 Å².